The summed E-state index contributed by atoms with van der Waals surface area (Å²) in [5.41, 5.74) is 8.13. The third kappa shape index (κ3) is 5.23. The minimum Gasteiger partial charge on any atom is -0.370 e. The lowest BCUT2D eigenvalue weighted by Crippen LogP contribution is -2.11. The van der Waals surface area contributed by atoms with Crippen LogP contribution in [0.4, 0.5) is 16.0 Å². The number of halogens is 1. The van der Waals surface area contributed by atoms with Gasteiger partial charge < -0.3 is 16.4 Å². The van der Waals surface area contributed by atoms with Crippen molar-refractivity contribution < 1.29 is 4.39 Å². The first-order valence-electron chi connectivity index (χ1n) is 10.4. The fourth-order valence-corrected chi connectivity index (χ4v) is 3.25. The molecule has 29 heavy (non-hydrogen) atoms. The highest BCUT2D eigenvalue weighted by molar-refractivity contribution is 5.61. The fraction of sp³-hybridized carbons (Fsp3) is 0.455. The summed E-state index contributed by atoms with van der Waals surface area (Å²) in [6.07, 6.45) is 6.06. The Morgan fingerprint density at radius 2 is 2.00 bits per heavy atom. The molecule has 1 unspecified atom stereocenters. The van der Waals surface area contributed by atoms with E-state index in [2.05, 4.69) is 29.6 Å². The Bertz CT molecular complexity index is 923. The smallest absolute Gasteiger partial charge is 0.163 e. The van der Waals surface area contributed by atoms with E-state index in [9.17, 15) is 4.39 Å². The third-order valence-electron chi connectivity index (χ3n) is 5.25. The van der Waals surface area contributed by atoms with E-state index in [4.69, 9.17) is 10.7 Å². The van der Waals surface area contributed by atoms with Crippen LogP contribution >= 0.6 is 0 Å². The second-order valence-corrected chi connectivity index (χ2v) is 7.39. The molecule has 0 amide bonds. The van der Waals surface area contributed by atoms with Gasteiger partial charge in [-0.3, -0.25) is 0 Å². The average molecular weight is 399 g/mol. The number of anilines is 2. The Hall–Kier alpha value is -2.67. The zero-order valence-corrected chi connectivity index (χ0v) is 17.3. The van der Waals surface area contributed by atoms with Crippen LogP contribution in [0.5, 0.6) is 0 Å². The molecule has 0 radical (unpaired) electrons. The number of aromatic nitrogens is 3. The van der Waals surface area contributed by atoms with Crippen LogP contribution in [0.3, 0.4) is 0 Å². The highest BCUT2D eigenvalue weighted by Gasteiger charge is 2.15. The first-order chi connectivity index (χ1) is 14.1. The van der Waals surface area contributed by atoms with E-state index in [1.54, 1.807) is 12.1 Å². The largest absolute Gasteiger partial charge is 0.370 e. The molecule has 3 aromatic rings. The second-order valence-electron chi connectivity index (χ2n) is 7.39. The number of hydrogen-bond acceptors (Lipinski definition) is 5. The van der Waals surface area contributed by atoms with E-state index in [-0.39, 0.29) is 5.82 Å². The molecule has 2 aromatic heterocycles. The molecule has 1 atom stereocenters. The van der Waals surface area contributed by atoms with E-state index in [0.717, 1.165) is 61.6 Å². The highest BCUT2D eigenvalue weighted by atomic mass is 19.1. The summed E-state index contributed by atoms with van der Waals surface area (Å²) in [4.78, 5) is 4.81. The van der Waals surface area contributed by atoms with Gasteiger partial charge in [0.25, 0.3) is 0 Å². The van der Waals surface area contributed by atoms with E-state index in [1.807, 2.05) is 22.8 Å². The summed E-state index contributed by atoms with van der Waals surface area (Å²) >= 11 is 0. The molecule has 6 nitrogen and oxygen atoms in total. The maximum atomic E-state index is 14.0. The number of unbranched alkanes of at least 4 members (excludes halogenated alkanes) is 2. The number of nitrogens with zero attached hydrogens (tertiary/aromatic N) is 3. The molecule has 0 saturated carbocycles. The van der Waals surface area contributed by atoms with Gasteiger partial charge in [-0.1, -0.05) is 38.5 Å². The van der Waals surface area contributed by atoms with Crippen molar-refractivity contribution in [2.45, 2.75) is 52.0 Å². The van der Waals surface area contributed by atoms with Crippen LogP contribution in [-0.4, -0.2) is 27.7 Å². The lowest BCUT2D eigenvalue weighted by atomic mass is 10.0. The standard InChI is InChI=1S/C22H31FN6/c1-3-16(2)18-15-27-29-21(26-14-17-9-5-6-10-19(17)23)13-20(28-22(18)29)25-12-8-4-7-11-24/h5-6,9-10,13,15-16,26H,3-4,7-8,11-12,14,24H2,1-2H3,(H,25,28). The van der Waals surface area contributed by atoms with Crippen LogP contribution in [0, 0.1) is 5.82 Å². The van der Waals surface area contributed by atoms with E-state index in [0.29, 0.717) is 18.0 Å². The van der Waals surface area contributed by atoms with Crippen molar-refractivity contribution in [3.05, 3.63) is 53.5 Å². The quantitative estimate of drug-likeness (QED) is 0.413. The molecule has 4 N–H and O–H groups in total. The van der Waals surface area contributed by atoms with Crippen LogP contribution in [0.25, 0.3) is 5.65 Å². The minimum atomic E-state index is -0.218. The number of hydrogen-bond donors (Lipinski definition) is 3. The maximum Gasteiger partial charge on any atom is 0.163 e. The van der Waals surface area contributed by atoms with Crippen molar-refractivity contribution >= 4 is 17.3 Å². The molecule has 0 aliphatic carbocycles. The Labute approximate surface area is 171 Å². The first kappa shape index (κ1) is 21.0. The molecule has 0 aliphatic rings. The monoisotopic (exact) mass is 398 g/mol. The summed E-state index contributed by atoms with van der Waals surface area (Å²) in [5.74, 6) is 1.73. The lowest BCUT2D eigenvalue weighted by molar-refractivity contribution is 0.612. The van der Waals surface area contributed by atoms with Gasteiger partial charge in [0.2, 0.25) is 0 Å². The normalized spacial score (nSPS) is 12.3. The molecule has 0 saturated heterocycles. The SMILES string of the molecule is CCC(C)c1cnn2c(NCc3ccccc3F)cc(NCCCCCN)nc12. The molecule has 0 aliphatic heterocycles. The van der Waals surface area contributed by atoms with Crippen LogP contribution < -0.4 is 16.4 Å². The van der Waals surface area contributed by atoms with Gasteiger partial charge >= 0.3 is 0 Å². The predicted octanol–water partition coefficient (Wildman–Crippen LogP) is 4.53. The molecule has 3 rings (SSSR count). The van der Waals surface area contributed by atoms with E-state index >= 15 is 0 Å². The summed E-state index contributed by atoms with van der Waals surface area (Å²) < 4.78 is 15.8. The predicted molar refractivity (Wildman–Crippen MR) is 117 cm³/mol. The molecule has 1 aromatic carbocycles. The van der Waals surface area contributed by atoms with Gasteiger partial charge in [-0.2, -0.15) is 9.61 Å². The summed E-state index contributed by atoms with van der Waals surface area (Å²) in [6.45, 7) is 6.27. The van der Waals surface area contributed by atoms with Crippen LogP contribution in [0.1, 0.15) is 56.6 Å². The van der Waals surface area contributed by atoms with Gasteiger partial charge in [-0.05, 0) is 37.8 Å². The summed E-state index contributed by atoms with van der Waals surface area (Å²) in [5, 5.41) is 11.3. The number of nitrogens with two attached hydrogens (primary N) is 1. The van der Waals surface area contributed by atoms with Crippen molar-refractivity contribution in [2.24, 2.45) is 5.73 Å². The molecule has 0 fully saturated rings. The van der Waals surface area contributed by atoms with Crippen LogP contribution in [0.2, 0.25) is 0 Å². The van der Waals surface area contributed by atoms with Crippen molar-refractivity contribution in [2.75, 3.05) is 23.7 Å². The molecule has 0 spiro atoms. The van der Waals surface area contributed by atoms with Crippen molar-refractivity contribution in [3.8, 4) is 0 Å². The Morgan fingerprint density at radius 1 is 1.17 bits per heavy atom. The molecule has 2 heterocycles. The molecule has 156 valence electrons. The topological polar surface area (TPSA) is 80.3 Å². The lowest BCUT2D eigenvalue weighted by Gasteiger charge is -2.13. The van der Waals surface area contributed by atoms with Crippen LogP contribution in [0.15, 0.2) is 36.5 Å². The number of rotatable bonds is 11. The van der Waals surface area contributed by atoms with Gasteiger partial charge in [0.05, 0.1) is 6.20 Å². The second kappa shape index (κ2) is 10.2. The number of fused-ring (bicyclic) bond motifs is 1. The van der Waals surface area contributed by atoms with E-state index < -0.39 is 0 Å². The van der Waals surface area contributed by atoms with Gasteiger partial charge in [0.1, 0.15) is 17.5 Å². The van der Waals surface area contributed by atoms with Gasteiger partial charge in [0, 0.05) is 30.3 Å². The van der Waals surface area contributed by atoms with Gasteiger partial charge in [-0.15, -0.1) is 0 Å². The zero-order valence-electron chi connectivity index (χ0n) is 17.3. The van der Waals surface area contributed by atoms with Crippen molar-refractivity contribution in [1.29, 1.82) is 0 Å². The highest BCUT2D eigenvalue weighted by Crippen LogP contribution is 2.26. The average Bonchev–Trinajstić information content (AvgIpc) is 3.16. The van der Waals surface area contributed by atoms with Gasteiger partial charge in [0.15, 0.2) is 5.65 Å². The molecular weight excluding hydrogens is 367 g/mol. The molecule has 7 heteroatoms. The molecular formula is C22H31FN6. The summed E-state index contributed by atoms with van der Waals surface area (Å²) in [6, 6.07) is 8.73. The third-order valence-corrected chi connectivity index (χ3v) is 5.25. The van der Waals surface area contributed by atoms with Crippen LogP contribution in [-0.2, 0) is 6.54 Å². The Balaban J connectivity index is 1.85. The van der Waals surface area contributed by atoms with Gasteiger partial charge in [-0.25, -0.2) is 9.37 Å². The zero-order chi connectivity index (χ0) is 20.6. The van der Waals surface area contributed by atoms with Crippen molar-refractivity contribution in [1.82, 2.24) is 14.6 Å². The Morgan fingerprint density at radius 3 is 2.76 bits per heavy atom. The number of benzene rings is 1. The minimum absolute atomic E-state index is 0.218. The van der Waals surface area contributed by atoms with Crippen molar-refractivity contribution in [3.63, 3.8) is 0 Å². The Kier molecular flexibility index (Phi) is 7.41. The fourth-order valence-electron chi connectivity index (χ4n) is 3.25. The first-order valence-corrected chi connectivity index (χ1v) is 10.4. The summed E-state index contributed by atoms with van der Waals surface area (Å²) in [7, 11) is 0. The molecule has 0 bridgehead atoms. The number of nitrogens with one attached hydrogen (secondary N) is 2. The maximum absolute atomic E-state index is 14.0. The van der Waals surface area contributed by atoms with E-state index in [1.165, 1.54) is 6.07 Å².